The molecule has 3 rings (SSSR count). The van der Waals surface area contributed by atoms with Gasteiger partial charge in [-0.1, -0.05) is 36.5 Å². The lowest BCUT2D eigenvalue weighted by Gasteiger charge is -2.29. The van der Waals surface area contributed by atoms with Gasteiger partial charge in [0.25, 0.3) is 0 Å². The van der Waals surface area contributed by atoms with Gasteiger partial charge in [0.15, 0.2) is 0 Å². The normalized spacial score (nSPS) is 30.1. The van der Waals surface area contributed by atoms with Gasteiger partial charge in [0.2, 0.25) is 0 Å². The molecule has 1 aromatic carbocycles. The molecule has 2 heteroatoms. The molecule has 0 amide bonds. The molecule has 2 nitrogen and oxygen atoms in total. The average molecular weight is 269 g/mol. The molecule has 2 fully saturated rings. The van der Waals surface area contributed by atoms with Gasteiger partial charge in [-0.25, -0.2) is 0 Å². The SMILES string of the molecule is OC1CCCC1C1CCCN1CC#Cc1ccccc1. The Kier molecular flexibility index (Phi) is 4.40. The number of nitrogens with zero attached hydrogens (tertiary/aromatic N) is 1. The van der Waals surface area contributed by atoms with Crippen molar-refractivity contribution >= 4 is 0 Å². The molecule has 1 aliphatic carbocycles. The molecule has 106 valence electrons. The van der Waals surface area contributed by atoms with Crippen LogP contribution < -0.4 is 0 Å². The molecule has 0 spiro atoms. The van der Waals surface area contributed by atoms with E-state index < -0.39 is 0 Å². The maximum Gasteiger partial charge on any atom is 0.0607 e. The second-order valence-electron chi connectivity index (χ2n) is 6.01. The lowest BCUT2D eigenvalue weighted by molar-refractivity contribution is 0.0796. The second kappa shape index (κ2) is 6.43. The Hall–Kier alpha value is -1.30. The summed E-state index contributed by atoms with van der Waals surface area (Å²) in [5.41, 5.74) is 1.09. The Bertz CT molecular complexity index is 487. The largest absolute Gasteiger partial charge is 0.393 e. The highest BCUT2D eigenvalue weighted by atomic mass is 16.3. The van der Waals surface area contributed by atoms with Gasteiger partial charge in [-0.05, 0) is 44.4 Å². The Balaban J connectivity index is 1.61. The van der Waals surface area contributed by atoms with Crippen LogP contribution in [0, 0.1) is 17.8 Å². The first-order valence-corrected chi connectivity index (χ1v) is 7.80. The number of hydrogen-bond acceptors (Lipinski definition) is 2. The van der Waals surface area contributed by atoms with E-state index in [-0.39, 0.29) is 6.10 Å². The molecule has 0 radical (unpaired) electrons. The van der Waals surface area contributed by atoms with Crippen LogP contribution >= 0.6 is 0 Å². The minimum Gasteiger partial charge on any atom is -0.393 e. The summed E-state index contributed by atoms with van der Waals surface area (Å²) in [5, 5.41) is 10.1. The van der Waals surface area contributed by atoms with Gasteiger partial charge in [0.05, 0.1) is 12.6 Å². The van der Waals surface area contributed by atoms with E-state index in [1.807, 2.05) is 18.2 Å². The minimum atomic E-state index is -0.0808. The van der Waals surface area contributed by atoms with Gasteiger partial charge in [-0.2, -0.15) is 0 Å². The summed E-state index contributed by atoms with van der Waals surface area (Å²) in [6, 6.07) is 10.7. The van der Waals surface area contributed by atoms with Crippen molar-refractivity contribution in [3.63, 3.8) is 0 Å². The van der Waals surface area contributed by atoms with Gasteiger partial charge in [0, 0.05) is 17.5 Å². The first-order valence-electron chi connectivity index (χ1n) is 7.80. The summed E-state index contributed by atoms with van der Waals surface area (Å²) in [7, 11) is 0. The van der Waals surface area contributed by atoms with Crippen molar-refractivity contribution in [3.05, 3.63) is 35.9 Å². The molecule has 1 aromatic rings. The van der Waals surface area contributed by atoms with Crippen molar-refractivity contribution in [1.29, 1.82) is 0 Å². The fourth-order valence-electron chi connectivity index (χ4n) is 3.72. The quantitative estimate of drug-likeness (QED) is 0.834. The molecule has 1 saturated carbocycles. The van der Waals surface area contributed by atoms with E-state index in [1.54, 1.807) is 0 Å². The number of rotatable bonds is 2. The topological polar surface area (TPSA) is 23.5 Å². The van der Waals surface area contributed by atoms with E-state index in [1.165, 1.54) is 25.7 Å². The van der Waals surface area contributed by atoms with E-state index in [2.05, 4.69) is 28.9 Å². The zero-order chi connectivity index (χ0) is 13.8. The summed E-state index contributed by atoms with van der Waals surface area (Å²) in [4.78, 5) is 2.48. The summed E-state index contributed by atoms with van der Waals surface area (Å²) in [6.07, 6.45) is 5.77. The van der Waals surface area contributed by atoms with Crippen LogP contribution in [0.1, 0.15) is 37.7 Å². The number of hydrogen-bond donors (Lipinski definition) is 1. The van der Waals surface area contributed by atoms with Crippen LogP contribution in [0.5, 0.6) is 0 Å². The van der Waals surface area contributed by atoms with Gasteiger partial charge < -0.3 is 5.11 Å². The van der Waals surface area contributed by atoms with Crippen LogP contribution in [0.4, 0.5) is 0 Å². The van der Waals surface area contributed by atoms with Crippen molar-refractivity contribution < 1.29 is 5.11 Å². The van der Waals surface area contributed by atoms with Crippen molar-refractivity contribution in [2.75, 3.05) is 13.1 Å². The summed E-state index contributed by atoms with van der Waals surface area (Å²) >= 11 is 0. The highest BCUT2D eigenvalue weighted by Gasteiger charge is 2.37. The molecule has 3 unspecified atom stereocenters. The third-order valence-corrected chi connectivity index (χ3v) is 4.73. The van der Waals surface area contributed by atoms with Crippen molar-refractivity contribution in [2.24, 2.45) is 5.92 Å². The first-order chi connectivity index (χ1) is 9.84. The van der Waals surface area contributed by atoms with Gasteiger partial charge in [0.1, 0.15) is 0 Å². The van der Waals surface area contributed by atoms with E-state index in [9.17, 15) is 5.11 Å². The number of likely N-dealkylation sites (tertiary alicyclic amines) is 1. The molecule has 3 atom stereocenters. The predicted molar refractivity (Wildman–Crippen MR) is 81.3 cm³/mol. The molecule has 1 saturated heterocycles. The summed E-state index contributed by atoms with van der Waals surface area (Å²) in [6.45, 7) is 1.97. The monoisotopic (exact) mass is 269 g/mol. The van der Waals surface area contributed by atoms with E-state index in [0.29, 0.717) is 12.0 Å². The van der Waals surface area contributed by atoms with Gasteiger partial charge >= 0.3 is 0 Å². The molecule has 1 heterocycles. The number of aliphatic hydroxyl groups is 1. The number of benzene rings is 1. The smallest absolute Gasteiger partial charge is 0.0607 e. The molecule has 20 heavy (non-hydrogen) atoms. The summed E-state index contributed by atoms with van der Waals surface area (Å²) in [5.74, 6) is 7.03. The maximum absolute atomic E-state index is 10.1. The lowest BCUT2D eigenvalue weighted by atomic mass is 9.94. The van der Waals surface area contributed by atoms with Gasteiger partial charge in [-0.3, -0.25) is 4.90 Å². The molecular formula is C18H23NO. The van der Waals surface area contributed by atoms with Gasteiger partial charge in [-0.15, -0.1) is 0 Å². The Morgan fingerprint density at radius 2 is 1.95 bits per heavy atom. The average Bonchev–Trinajstić information content (AvgIpc) is 3.08. The van der Waals surface area contributed by atoms with Crippen molar-refractivity contribution in [2.45, 2.75) is 44.2 Å². The fourth-order valence-corrected chi connectivity index (χ4v) is 3.72. The minimum absolute atomic E-state index is 0.0808. The molecule has 2 aliphatic rings. The molecule has 1 aliphatic heterocycles. The Morgan fingerprint density at radius 3 is 2.70 bits per heavy atom. The van der Waals surface area contributed by atoms with E-state index in [0.717, 1.165) is 25.1 Å². The summed E-state index contributed by atoms with van der Waals surface area (Å²) < 4.78 is 0. The van der Waals surface area contributed by atoms with Crippen LogP contribution in [0.25, 0.3) is 0 Å². The van der Waals surface area contributed by atoms with Crippen LogP contribution in [0.3, 0.4) is 0 Å². The van der Waals surface area contributed by atoms with Crippen molar-refractivity contribution in [1.82, 2.24) is 4.90 Å². The standard InChI is InChI=1S/C18H23NO/c20-18-12-4-10-16(18)17-11-6-14-19(17)13-5-9-15-7-2-1-3-8-15/h1-3,7-8,16-18,20H,4,6,10-14H2. The molecule has 0 bridgehead atoms. The highest BCUT2D eigenvalue weighted by Crippen LogP contribution is 2.35. The van der Waals surface area contributed by atoms with Crippen LogP contribution in [0.2, 0.25) is 0 Å². The second-order valence-corrected chi connectivity index (χ2v) is 6.01. The molecular weight excluding hydrogens is 246 g/mol. The third-order valence-electron chi connectivity index (χ3n) is 4.73. The first kappa shape index (κ1) is 13.7. The van der Waals surface area contributed by atoms with E-state index in [4.69, 9.17) is 0 Å². The Labute approximate surface area is 121 Å². The van der Waals surface area contributed by atoms with Crippen LogP contribution in [-0.2, 0) is 0 Å². The zero-order valence-electron chi connectivity index (χ0n) is 12.0. The third kappa shape index (κ3) is 3.06. The number of aliphatic hydroxyl groups excluding tert-OH is 1. The van der Waals surface area contributed by atoms with Crippen LogP contribution in [-0.4, -0.2) is 35.2 Å². The fraction of sp³-hybridized carbons (Fsp3) is 0.556. The van der Waals surface area contributed by atoms with E-state index >= 15 is 0 Å². The van der Waals surface area contributed by atoms with Crippen LogP contribution in [0.15, 0.2) is 30.3 Å². The molecule has 1 N–H and O–H groups in total. The lowest BCUT2D eigenvalue weighted by Crippen LogP contribution is -2.39. The highest BCUT2D eigenvalue weighted by molar-refractivity contribution is 5.33. The zero-order valence-corrected chi connectivity index (χ0v) is 12.0. The molecule has 0 aromatic heterocycles. The maximum atomic E-state index is 10.1. The van der Waals surface area contributed by atoms with Crippen molar-refractivity contribution in [3.8, 4) is 11.8 Å². The predicted octanol–water partition coefficient (Wildman–Crippen LogP) is 2.66. The Morgan fingerprint density at radius 1 is 1.10 bits per heavy atom.